The van der Waals surface area contributed by atoms with Gasteiger partial charge in [0.1, 0.15) is 36.1 Å². The molecule has 3 amide bonds. The third-order valence-electron chi connectivity index (χ3n) is 6.72. The van der Waals surface area contributed by atoms with Crippen LogP contribution in [0.15, 0.2) is 83.5 Å². The highest BCUT2D eigenvalue weighted by molar-refractivity contribution is 9.10. The topological polar surface area (TPSA) is 108 Å². The van der Waals surface area contributed by atoms with Crippen LogP contribution >= 0.6 is 15.9 Å². The number of imidazole rings is 1. The number of ether oxygens (including phenoxy) is 1. The van der Waals surface area contributed by atoms with Crippen molar-refractivity contribution < 1.29 is 23.8 Å². The Kier molecular flexibility index (Phi) is 7.76. The summed E-state index contributed by atoms with van der Waals surface area (Å²) in [7, 11) is 0. The number of urea groups is 1. The Hall–Kier alpha value is -4.02. The van der Waals surface area contributed by atoms with E-state index in [4.69, 9.17) is 9.84 Å². The molecule has 0 spiro atoms. The minimum atomic E-state index is -0.895. The summed E-state index contributed by atoms with van der Waals surface area (Å²) in [4.78, 5) is 36.0. The maximum atomic E-state index is 14.7. The summed E-state index contributed by atoms with van der Waals surface area (Å²) >= 11 is 3.27. The maximum Gasteiger partial charge on any atom is 0.325 e. The molecular weight excluding hydrogens is 567 g/mol. The molecule has 1 aromatic heterocycles. The fraction of sp³-hybridized carbons (Fsp3) is 0.207. The molecule has 5 rings (SSSR count). The monoisotopic (exact) mass is 592 g/mol. The molecule has 8 nitrogen and oxygen atoms in total. The smallest absolute Gasteiger partial charge is 0.325 e. The number of aliphatic hydroxyl groups is 1. The van der Waals surface area contributed by atoms with Crippen LogP contribution < -0.4 is 10.1 Å². The fourth-order valence-electron chi connectivity index (χ4n) is 4.76. The molecule has 2 heterocycles. The number of carbonyl (C=O) groups excluding carboxylic acids is 2. The van der Waals surface area contributed by atoms with E-state index in [9.17, 15) is 14.0 Å². The fourth-order valence-corrected chi connectivity index (χ4v) is 5.09. The summed E-state index contributed by atoms with van der Waals surface area (Å²) in [6.45, 7) is 1.96. The van der Waals surface area contributed by atoms with Gasteiger partial charge in [0.25, 0.3) is 5.91 Å². The largest absolute Gasteiger partial charge is 0.491 e. The second-order valence-corrected chi connectivity index (χ2v) is 10.1. The van der Waals surface area contributed by atoms with Crippen LogP contribution in [0.5, 0.6) is 5.75 Å². The van der Waals surface area contributed by atoms with Gasteiger partial charge in [-0.3, -0.25) is 9.69 Å². The van der Waals surface area contributed by atoms with Gasteiger partial charge in [0.15, 0.2) is 0 Å². The summed E-state index contributed by atoms with van der Waals surface area (Å²) in [6, 6.07) is 18.8. The number of nitrogens with zero attached hydrogens (tertiary/aromatic N) is 2. The van der Waals surface area contributed by atoms with Gasteiger partial charge in [0.05, 0.1) is 18.5 Å². The van der Waals surface area contributed by atoms with E-state index in [-0.39, 0.29) is 19.1 Å². The van der Waals surface area contributed by atoms with Crippen molar-refractivity contribution in [2.45, 2.75) is 24.9 Å². The predicted molar refractivity (Wildman–Crippen MR) is 146 cm³/mol. The number of amides is 3. The first-order chi connectivity index (χ1) is 18.9. The number of aromatic amines is 1. The molecule has 1 saturated heterocycles. The van der Waals surface area contributed by atoms with Crippen molar-refractivity contribution in [3.63, 3.8) is 0 Å². The van der Waals surface area contributed by atoms with Crippen molar-refractivity contribution in [2.75, 3.05) is 13.2 Å². The van der Waals surface area contributed by atoms with Crippen molar-refractivity contribution in [1.29, 1.82) is 0 Å². The van der Waals surface area contributed by atoms with Crippen LogP contribution in [0.25, 0.3) is 11.3 Å². The highest BCUT2D eigenvalue weighted by Gasteiger charge is 2.46. The Morgan fingerprint density at radius 3 is 2.54 bits per heavy atom. The van der Waals surface area contributed by atoms with Crippen LogP contribution in [0.3, 0.4) is 0 Å². The number of benzene rings is 3. The van der Waals surface area contributed by atoms with Crippen LogP contribution in [0.2, 0.25) is 0 Å². The number of nitrogens with one attached hydrogen (secondary N) is 2. The van der Waals surface area contributed by atoms with Crippen molar-refractivity contribution >= 4 is 27.9 Å². The van der Waals surface area contributed by atoms with E-state index in [1.807, 2.05) is 37.3 Å². The molecule has 0 saturated carbocycles. The van der Waals surface area contributed by atoms with Gasteiger partial charge in [-0.25, -0.2) is 14.2 Å². The van der Waals surface area contributed by atoms with E-state index in [0.29, 0.717) is 32.9 Å². The summed E-state index contributed by atoms with van der Waals surface area (Å²) in [5.74, 6) is -0.290. The van der Waals surface area contributed by atoms with Gasteiger partial charge >= 0.3 is 6.03 Å². The first kappa shape index (κ1) is 26.6. The molecule has 0 aliphatic carbocycles. The second kappa shape index (κ2) is 11.4. The third kappa shape index (κ3) is 5.43. The number of halogens is 2. The number of carbonyl (C=O) groups is 2. The van der Waals surface area contributed by atoms with Crippen molar-refractivity contribution in [3.05, 3.63) is 106 Å². The van der Waals surface area contributed by atoms with Crippen LogP contribution in [0.4, 0.5) is 9.18 Å². The second-order valence-electron chi connectivity index (χ2n) is 9.18. The van der Waals surface area contributed by atoms with Gasteiger partial charge in [-0.05, 0) is 41.5 Å². The molecule has 3 atom stereocenters. The number of hydrogen-bond donors (Lipinski definition) is 3. The lowest BCUT2D eigenvalue weighted by Gasteiger charge is -2.29. The van der Waals surface area contributed by atoms with E-state index >= 15 is 0 Å². The van der Waals surface area contributed by atoms with Gasteiger partial charge in [-0.1, -0.05) is 65.3 Å². The SMILES string of the molecule is C[C@H](c1ccccc1)[C@@H](c1ncc(-c2ccc(Br)cc2F)[nH]1)N1C(=O)N[C@H](c2ccc(OCCO)cc2)C1=O. The molecule has 1 aliphatic rings. The first-order valence-corrected chi connectivity index (χ1v) is 13.2. The maximum absolute atomic E-state index is 14.7. The molecular formula is C29H26BrFN4O4. The minimum Gasteiger partial charge on any atom is -0.491 e. The van der Waals surface area contributed by atoms with Crippen molar-refractivity contribution in [1.82, 2.24) is 20.2 Å². The Morgan fingerprint density at radius 1 is 1.10 bits per heavy atom. The van der Waals surface area contributed by atoms with Gasteiger partial charge in [0.2, 0.25) is 0 Å². The Bertz CT molecular complexity index is 1480. The number of aromatic nitrogens is 2. The average Bonchev–Trinajstić information content (AvgIpc) is 3.53. The standard InChI is InChI=1S/C29H26BrFN4O4/c1-17(18-5-3-2-4-6-18)26(27-32-16-24(33-27)22-12-9-20(30)15-23(22)31)35-28(37)25(34-29(35)38)19-7-10-21(11-8-19)39-14-13-36/h2-12,15-17,25-26,36H,13-14H2,1H3,(H,32,33)(H,34,38)/t17-,25-,26+/m1/s1. The third-order valence-corrected chi connectivity index (χ3v) is 7.21. The summed E-state index contributed by atoms with van der Waals surface area (Å²) in [5.41, 5.74) is 2.25. The molecule has 3 aromatic carbocycles. The highest BCUT2D eigenvalue weighted by Crippen LogP contribution is 2.39. The zero-order chi connectivity index (χ0) is 27.5. The molecule has 4 aromatic rings. The highest BCUT2D eigenvalue weighted by atomic mass is 79.9. The number of H-pyrrole nitrogens is 1. The van der Waals surface area contributed by atoms with Gasteiger partial charge in [0, 0.05) is 16.0 Å². The molecule has 1 aliphatic heterocycles. The quantitative estimate of drug-likeness (QED) is 0.223. The molecule has 1 fully saturated rings. The zero-order valence-corrected chi connectivity index (χ0v) is 22.6. The lowest BCUT2D eigenvalue weighted by atomic mass is 9.91. The summed E-state index contributed by atoms with van der Waals surface area (Å²) < 4.78 is 20.7. The van der Waals surface area contributed by atoms with E-state index in [1.54, 1.807) is 36.4 Å². The van der Waals surface area contributed by atoms with Crippen molar-refractivity contribution in [2.24, 2.45) is 0 Å². The normalized spacial score (nSPS) is 16.7. The zero-order valence-electron chi connectivity index (χ0n) is 21.0. The van der Waals surface area contributed by atoms with Crippen LogP contribution in [-0.4, -0.2) is 45.1 Å². The molecule has 10 heteroatoms. The van der Waals surface area contributed by atoms with E-state index in [2.05, 4.69) is 31.2 Å². The predicted octanol–water partition coefficient (Wildman–Crippen LogP) is 5.49. The first-order valence-electron chi connectivity index (χ1n) is 12.4. The molecule has 0 bridgehead atoms. The number of hydrogen-bond acceptors (Lipinski definition) is 5. The molecule has 200 valence electrons. The van der Waals surface area contributed by atoms with Gasteiger partial charge < -0.3 is 20.1 Å². The van der Waals surface area contributed by atoms with Crippen LogP contribution in [-0.2, 0) is 4.79 Å². The molecule has 3 N–H and O–H groups in total. The van der Waals surface area contributed by atoms with E-state index < -0.39 is 29.8 Å². The van der Waals surface area contributed by atoms with E-state index in [0.717, 1.165) is 5.56 Å². The summed E-state index contributed by atoms with van der Waals surface area (Å²) in [5, 5.41) is 11.8. The Labute approximate surface area is 233 Å². The Balaban J connectivity index is 1.50. The van der Waals surface area contributed by atoms with Gasteiger partial charge in [-0.2, -0.15) is 0 Å². The summed E-state index contributed by atoms with van der Waals surface area (Å²) in [6.07, 6.45) is 1.51. The van der Waals surface area contributed by atoms with E-state index in [1.165, 1.54) is 17.2 Å². The minimum absolute atomic E-state index is 0.113. The number of imide groups is 1. The van der Waals surface area contributed by atoms with Crippen LogP contribution in [0, 0.1) is 5.82 Å². The average molecular weight is 593 g/mol. The molecule has 0 unspecified atom stereocenters. The number of rotatable bonds is 9. The van der Waals surface area contributed by atoms with Crippen LogP contribution in [0.1, 0.15) is 41.9 Å². The lowest BCUT2D eigenvalue weighted by Crippen LogP contribution is -2.38. The van der Waals surface area contributed by atoms with Gasteiger partial charge in [-0.15, -0.1) is 0 Å². The number of aliphatic hydroxyl groups excluding tert-OH is 1. The molecule has 39 heavy (non-hydrogen) atoms. The molecule has 0 radical (unpaired) electrons. The Morgan fingerprint density at radius 2 is 1.85 bits per heavy atom. The van der Waals surface area contributed by atoms with Crippen molar-refractivity contribution in [3.8, 4) is 17.0 Å². The lowest BCUT2D eigenvalue weighted by molar-refractivity contribution is -0.129.